The molecule has 3 amide bonds. The molecule has 0 aromatic heterocycles. The molecule has 0 radical (unpaired) electrons. The Morgan fingerprint density at radius 1 is 1.03 bits per heavy atom. The molecule has 9 heteroatoms. The smallest absolute Gasteiger partial charge is 0.257 e. The summed E-state index contributed by atoms with van der Waals surface area (Å²) in [5.74, 6) is 0.672. The Kier molecular flexibility index (Phi) is 7.14. The molecule has 2 aliphatic rings. The maximum Gasteiger partial charge on any atom is 0.257 e. The van der Waals surface area contributed by atoms with Crippen LogP contribution in [0.5, 0.6) is 11.5 Å². The van der Waals surface area contributed by atoms with Gasteiger partial charge < -0.3 is 29.5 Å². The molecule has 2 aliphatic heterocycles. The monoisotopic (exact) mass is 480 g/mol. The minimum atomic E-state index is -0.797. The zero-order valence-corrected chi connectivity index (χ0v) is 20.5. The number of para-hydroxylation sites is 1. The minimum absolute atomic E-state index is 0.0173. The third-order valence-electron chi connectivity index (χ3n) is 6.81. The van der Waals surface area contributed by atoms with Crippen molar-refractivity contribution in [3.8, 4) is 11.5 Å². The van der Waals surface area contributed by atoms with E-state index in [9.17, 15) is 14.4 Å². The SMILES string of the molecule is CCNC(=O)CN1CN(c2ccccc2)C2(CCN(C(=O)c3ccc(OC)cc3OC)CC2)C1=O. The third kappa shape index (κ3) is 4.62. The van der Waals surface area contributed by atoms with Crippen molar-refractivity contribution in [2.75, 3.05) is 52.0 Å². The van der Waals surface area contributed by atoms with Crippen molar-refractivity contribution in [1.82, 2.24) is 15.1 Å². The fourth-order valence-corrected chi connectivity index (χ4v) is 4.97. The van der Waals surface area contributed by atoms with Crippen molar-refractivity contribution in [3.63, 3.8) is 0 Å². The molecule has 0 saturated carbocycles. The van der Waals surface area contributed by atoms with Crippen LogP contribution in [0.2, 0.25) is 0 Å². The highest BCUT2D eigenvalue weighted by molar-refractivity contribution is 5.99. The first-order chi connectivity index (χ1) is 16.9. The van der Waals surface area contributed by atoms with Gasteiger partial charge in [0, 0.05) is 31.4 Å². The largest absolute Gasteiger partial charge is 0.497 e. The fraction of sp³-hybridized carbons (Fsp3) is 0.423. The Morgan fingerprint density at radius 2 is 1.74 bits per heavy atom. The van der Waals surface area contributed by atoms with Gasteiger partial charge in [-0.15, -0.1) is 0 Å². The van der Waals surface area contributed by atoms with Crippen LogP contribution >= 0.6 is 0 Å². The molecule has 0 aliphatic carbocycles. The van der Waals surface area contributed by atoms with Gasteiger partial charge >= 0.3 is 0 Å². The molecule has 0 bridgehead atoms. The summed E-state index contributed by atoms with van der Waals surface area (Å²) in [4.78, 5) is 44.8. The van der Waals surface area contributed by atoms with E-state index in [0.717, 1.165) is 5.69 Å². The molecule has 9 nitrogen and oxygen atoms in total. The standard InChI is InChI=1S/C26H32N4O5/c1-4-27-23(31)17-29-18-30(19-8-6-5-7-9-19)26(25(29)33)12-14-28(15-13-26)24(32)21-11-10-20(34-2)16-22(21)35-3/h5-11,16H,4,12-15,17-18H2,1-3H3,(H,27,31). The number of anilines is 1. The quantitative estimate of drug-likeness (QED) is 0.653. The highest BCUT2D eigenvalue weighted by Gasteiger charge is 2.54. The number of ether oxygens (including phenoxy) is 2. The number of methoxy groups -OCH3 is 2. The molecular weight excluding hydrogens is 448 g/mol. The molecule has 2 aromatic rings. The van der Waals surface area contributed by atoms with Crippen molar-refractivity contribution < 1.29 is 23.9 Å². The summed E-state index contributed by atoms with van der Waals surface area (Å²) in [6.45, 7) is 3.55. The van der Waals surface area contributed by atoms with E-state index in [1.54, 1.807) is 35.1 Å². The summed E-state index contributed by atoms with van der Waals surface area (Å²) in [6.07, 6.45) is 0.938. The number of carbonyl (C=O) groups excluding carboxylic acids is 3. The number of likely N-dealkylation sites (tertiary alicyclic amines) is 1. The minimum Gasteiger partial charge on any atom is -0.497 e. The van der Waals surface area contributed by atoms with E-state index < -0.39 is 5.54 Å². The van der Waals surface area contributed by atoms with Crippen LogP contribution in [0.4, 0.5) is 5.69 Å². The Hall–Kier alpha value is -3.75. The van der Waals surface area contributed by atoms with Gasteiger partial charge in [-0.2, -0.15) is 0 Å². The fourth-order valence-electron chi connectivity index (χ4n) is 4.97. The van der Waals surface area contributed by atoms with Crippen LogP contribution in [0.25, 0.3) is 0 Å². The molecule has 4 rings (SSSR count). The molecule has 2 aromatic carbocycles. The van der Waals surface area contributed by atoms with Gasteiger partial charge in [-0.05, 0) is 44.0 Å². The van der Waals surface area contributed by atoms with Gasteiger partial charge in [-0.3, -0.25) is 14.4 Å². The van der Waals surface area contributed by atoms with E-state index in [0.29, 0.717) is 56.2 Å². The van der Waals surface area contributed by atoms with Crippen LogP contribution in [0, 0.1) is 0 Å². The lowest BCUT2D eigenvalue weighted by Gasteiger charge is -2.43. The van der Waals surface area contributed by atoms with Gasteiger partial charge in [0.05, 0.1) is 26.5 Å². The van der Waals surface area contributed by atoms with Gasteiger partial charge in [0.2, 0.25) is 5.91 Å². The number of amides is 3. The number of nitrogens with zero attached hydrogens (tertiary/aromatic N) is 3. The first-order valence-electron chi connectivity index (χ1n) is 11.8. The maximum absolute atomic E-state index is 13.7. The Bertz CT molecular complexity index is 1080. The second-order valence-corrected chi connectivity index (χ2v) is 8.75. The zero-order valence-electron chi connectivity index (χ0n) is 20.5. The molecule has 2 heterocycles. The molecule has 35 heavy (non-hydrogen) atoms. The summed E-state index contributed by atoms with van der Waals surface area (Å²) < 4.78 is 10.7. The molecule has 186 valence electrons. The van der Waals surface area contributed by atoms with Gasteiger partial charge in [0.1, 0.15) is 23.6 Å². The van der Waals surface area contributed by atoms with Crippen molar-refractivity contribution in [3.05, 3.63) is 54.1 Å². The summed E-state index contributed by atoms with van der Waals surface area (Å²) in [5, 5.41) is 2.77. The molecule has 1 spiro atoms. The van der Waals surface area contributed by atoms with Gasteiger partial charge in [-0.1, -0.05) is 18.2 Å². The zero-order chi connectivity index (χ0) is 25.0. The summed E-state index contributed by atoms with van der Waals surface area (Å²) in [7, 11) is 3.08. The lowest BCUT2D eigenvalue weighted by atomic mass is 9.85. The van der Waals surface area contributed by atoms with E-state index >= 15 is 0 Å². The number of likely N-dealkylation sites (N-methyl/N-ethyl adjacent to an activating group) is 1. The van der Waals surface area contributed by atoms with Crippen LogP contribution in [0.3, 0.4) is 0 Å². The molecule has 0 unspecified atom stereocenters. The van der Waals surface area contributed by atoms with Crippen LogP contribution in [-0.2, 0) is 9.59 Å². The highest BCUT2D eigenvalue weighted by atomic mass is 16.5. The molecule has 0 atom stereocenters. The number of benzene rings is 2. The molecular formula is C26H32N4O5. The van der Waals surface area contributed by atoms with Crippen LogP contribution in [-0.4, -0.2) is 80.1 Å². The van der Waals surface area contributed by atoms with Crippen molar-refractivity contribution in [1.29, 1.82) is 0 Å². The first-order valence-corrected chi connectivity index (χ1v) is 11.8. The average Bonchev–Trinajstić information content (AvgIpc) is 3.15. The Labute approximate surface area is 205 Å². The summed E-state index contributed by atoms with van der Waals surface area (Å²) in [6, 6.07) is 14.9. The summed E-state index contributed by atoms with van der Waals surface area (Å²) in [5.41, 5.74) is 0.588. The summed E-state index contributed by atoms with van der Waals surface area (Å²) >= 11 is 0. The normalized spacial score (nSPS) is 17.0. The van der Waals surface area contributed by atoms with E-state index in [4.69, 9.17) is 9.47 Å². The third-order valence-corrected chi connectivity index (χ3v) is 6.81. The van der Waals surface area contributed by atoms with Crippen molar-refractivity contribution in [2.24, 2.45) is 0 Å². The van der Waals surface area contributed by atoms with Crippen LogP contribution < -0.4 is 19.7 Å². The number of rotatable bonds is 7. The number of hydrogen-bond acceptors (Lipinski definition) is 6. The Morgan fingerprint density at radius 3 is 2.37 bits per heavy atom. The number of piperidine rings is 1. The van der Waals surface area contributed by atoms with Gasteiger partial charge in [0.25, 0.3) is 11.8 Å². The predicted octanol–water partition coefficient (Wildman–Crippen LogP) is 2.12. The number of hydrogen-bond donors (Lipinski definition) is 1. The van der Waals surface area contributed by atoms with Crippen LogP contribution in [0.15, 0.2) is 48.5 Å². The van der Waals surface area contributed by atoms with E-state index in [-0.39, 0.29) is 24.3 Å². The molecule has 1 N–H and O–H groups in total. The lowest BCUT2D eigenvalue weighted by molar-refractivity contribution is -0.137. The second kappa shape index (κ2) is 10.2. The molecule has 2 saturated heterocycles. The maximum atomic E-state index is 13.7. The predicted molar refractivity (Wildman–Crippen MR) is 132 cm³/mol. The van der Waals surface area contributed by atoms with E-state index in [1.807, 2.05) is 37.3 Å². The van der Waals surface area contributed by atoms with Crippen molar-refractivity contribution >= 4 is 23.4 Å². The number of nitrogens with one attached hydrogen (secondary N) is 1. The van der Waals surface area contributed by atoms with E-state index in [1.165, 1.54) is 7.11 Å². The average molecular weight is 481 g/mol. The Balaban J connectivity index is 1.56. The second-order valence-electron chi connectivity index (χ2n) is 8.75. The number of carbonyl (C=O) groups is 3. The molecule has 2 fully saturated rings. The van der Waals surface area contributed by atoms with E-state index in [2.05, 4.69) is 10.2 Å². The first kappa shape index (κ1) is 24.4. The van der Waals surface area contributed by atoms with Gasteiger partial charge in [-0.25, -0.2) is 0 Å². The lowest BCUT2D eigenvalue weighted by Crippen LogP contribution is -2.57. The highest BCUT2D eigenvalue weighted by Crippen LogP contribution is 2.40. The van der Waals surface area contributed by atoms with Crippen LogP contribution in [0.1, 0.15) is 30.1 Å². The van der Waals surface area contributed by atoms with Gasteiger partial charge in [0.15, 0.2) is 0 Å². The van der Waals surface area contributed by atoms with Crippen molar-refractivity contribution in [2.45, 2.75) is 25.3 Å². The topological polar surface area (TPSA) is 91.4 Å².